The Hall–Kier alpha value is -1.61. The van der Waals surface area contributed by atoms with Crippen LogP contribution in [0.15, 0.2) is 24.3 Å². The fourth-order valence-electron chi connectivity index (χ4n) is 1.89. The van der Waals surface area contributed by atoms with Gasteiger partial charge in [0.25, 0.3) is 0 Å². The van der Waals surface area contributed by atoms with Gasteiger partial charge in [0.15, 0.2) is 0 Å². The number of carbonyl (C=O) groups excluding carboxylic acids is 1. The molecule has 0 aliphatic heterocycles. The molecule has 0 spiro atoms. The van der Waals surface area contributed by atoms with Gasteiger partial charge in [0.05, 0.1) is 6.10 Å². The number of nitrogens with one attached hydrogen (secondary N) is 1. The molecule has 104 valence electrons. The smallest absolute Gasteiger partial charge is 0.244 e. The molecule has 0 bridgehead atoms. The third-order valence-electron chi connectivity index (χ3n) is 2.97. The second-order valence-electron chi connectivity index (χ2n) is 4.88. The first kappa shape index (κ1) is 15.4. The molecule has 2 N–H and O–H groups in total. The number of aryl methyl sites for hydroxylation is 2. The van der Waals surface area contributed by atoms with Gasteiger partial charge < -0.3 is 10.4 Å². The van der Waals surface area contributed by atoms with Crippen molar-refractivity contribution in [3.8, 4) is 0 Å². The highest BCUT2D eigenvalue weighted by molar-refractivity contribution is 5.91. The standard InChI is InChI=1S/C16H23NO2/c1-4-5-15(18)11-17-16(19)9-8-14-7-6-12(2)10-13(14)3/h6-10,15,18H,4-5,11H2,1-3H3,(H,17,19)/b9-8+. The van der Waals surface area contributed by atoms with Crippen molar-refractivity contribution in [2.75, 3.05) is 6.54 Å². The highest BCUT2D eigenvalue weighted by Crippen LogP contribution is 2.11. The Morgan fingerprint density at radius 3 is 2.79 bits per heavy atom. The van der Waals surface area contributed by atoms with Crippen molar-refractivity contribution in [3.63, 3.8) is 0 Å². The minimum atomic E-state index is -0.455. The first-order chi connectivity index (χ1) is 9.02. The summed E-state index contributed by atoms with van der Waals surface area (Å²) in [4.78, 5) is 11.6. The third-order valence-corrected chi connectivity index (χ3v) is 2.97. The van der Waals surface area contributed by atoms with Crippen molar-refractivity contribution in [1.29, 1.82) is 0 Å². The topological polar surface area (TPSA) is 49.3 Å². The summed E-state index contributed by atoms with van der Waals surface area (Å²) in [5.74, 6) is -0.171. The van der Waals surface area contributed by atoms with Crippen LogP contribution in [0.4, 0.5) is 0 Å². The number of carbonyl (C=O) groups is 1. The van der Waals surface area contributed by atoms with E-state index in [1.165, 1.54) is 11.6 Å². The molecule has 0 heterocycles. The molecular weight excluding hydrogens is 238 g/mol. The van der Waals surface area contributed by atoms with Gasteiger partial charge in [0.1, 0.15) is 0 Å². The summed E-state index contributed by atoms with van der Waals surface area (Å²) < 4.78 is 0. The molecule has 3 nitrogen and oxygen atoms in total. The molecule has 1 atom stereocenters. The van der Waals surface area contributed by atoms with E-state index in [1.807, 2.05) is 32.9 Å². The van der Waals surface area contributed by atoms with Crippen molar-refractivity contribution in [2.24, 2.45) is 0 Å². The lowest BCUT2D eigenvalue weighted by molar-refractivity contribution is -0.116. The molecule has 0 saturated heterocycles. The number of hydrogen-bond donors (Lipinski definition) is 2. The van der Waals surface area contributed by atoms with Gasteiger partial charge in [-0.05, 0) is 37.5 Å². The number of aliphatic hydroxyl groups excluding tert-OH is 1. The molecule has 1 unspecified atom stereocenters. The van der Waals surface area contributed by atoms with E-state index >= 15 is 0 Å². The first-order valence-electron chi connectivity index (χ1n) is 6.74. The minimum absolute atomic E-state index is 0.171. The Bertz CT molecular complexity index is 452. The van der Waals surface area contributed by atoms with Gasteiger partial charge >= 0.3 is 0 Å². The predicted octanol–water partition coefficient (Wildman–Crippen LogP) is 2.59. The van der Waals surface area contributed by atoms with E-state index in [0.717, 1.165) is 17.5 Å². The zero-order valence-electron chi connectivity index (χ0n) is 11.9. The summed E-state index contributed by atoms with van der Waals surface area (Å²) in [5.41, 5.74) is 3.40. The highest BCUT2D eigenvalue weighted by Gasteiger charge is 2.03. The van der Waals surface area contributed by atoms with Crippen LogP contribution in [0.5, 0.6) is 0 Å². The number of aliphatic hydroxyl groups is 1. The lowest BCUT2D eigenvalue weighted by Crippen LogP contribution is -2.30. The Kier molecular flexibility index (Phi) is 6.30. The summed E-state index contributed by atoms with van der Waals surface area (Å²) in [6, 6.07) is 6.11. The van der Waals surface area contributed by atoms with Crippen LogP contribution in [0.25, 0.3) is 6.08 Å². The molecule has 1 aromatic rings. The highest BCUT2D eigenvalue weighted by atomic mass is 16.3. The maximum Gasteiger partial charge on any atom is 0.244 e. The summed E-state index contributed by atoms with van der Waals surface area (Å²) in [6.45, 7) is 6.38. The van der Waals surface area contributed by atoms with Gasteiger partial charge in [-0.15, -0.1) is 0 Å². The first-order valence-corrected chi connectivity index (χ1v) is 6.74. The summed E-state index contributed by atoms with van der Waals surface area (Å²) in [7, 11) is 0. The molecule has 0 aromatic heterocycles. The Morgan fingerprint density at radius 1 is 1.42 bits per heavy atom. The van der Waals surface area contributed by atoms with Gasteiger partial charge in [-0.1, -0.05) is 37.1 Å². The molecule has 1 rings (SSSR count). The second kappa shape index (κ2) is 7.74. The zero-order chi connectivity index (χ0) is 14.3. The number of benzene rings is 1. The number of amides is 1. The molecule has 0 fully saturated rings. The zero-order valence-corrected chi connectivity index (χ0v) is 11.9. The van der Waals surface area contributed by atoms with E-state index in [0.29, 0.717) is 13.0 Å². The van der Waals surface area contributed by atoms with Crippen molar-refractivity contribution < 1.29 is 9.90 Å². The quantitative estimate of drug-likeness (QED) is 0.773. The van der Waals surface area contributed by atoms with Gasteiger partial charge in [-0.2, -0.15) is 0 Å². The SMILES string of the molecule is CCCC(O)CNC(=O)/C=C/c1ccc(C)cc1C. The van der Waals surface area contributed by atoms with E-state index in [9.17, 15) is 9.90 Å². The fraction of sp³-hybridized carbons (Fsp3) is 0.438. The molecule has 1 aromatic carbocycles. The van der Waals surface area contributed by atoms with Crippen LogP contribution in [-0.2, 0) is 4.79 Å². The summed E-state index contributed by atoms with van der Waals surface area (Å²) in [5, 5.41) is 12.2. The van der Waals surface area contributed by atoms with E-state index in [4.69, 9.17) is 0 Å². The lowest BCUT2D eigenvalue weighted by atomic mass is 10.1. The van der Waals surface area contributed by atoms with Gasteiger partial charge in [-0.3, -0.25) is 4.79 Å². The van der Waals surface area contributed by atoms with Crippen LogP contribution >= 0.6 is 0 Å². The van der Waals surface area contributed by atoms with E-state index in [1.54, 1.807) is 6.08 Å². The largest absolute Gasteiger partial charge is 0.391 e. The van der Waals surface area contributed by atoms with Crippen LogP contribution in [0, 0.1) is 13.8 Å². The molecule has 1 amide bonds. The van der Waals surface area contributed by atoms with Crippen LogP contribution in [0.2, 0.25) is 0 Å². The van der Waals surface area contributed by atoms with Gasteiger partial charge in [0.2, 0.25) is 5.91 Å². The molecule has 19 heavy (non-hydrogen) atoms. The number of hydrogen-bond acceptors (Lipinski definition) is 2. The Balaban J connectivity index is 2.49. The normalized spacial score (nSPS) is 12.6. The minimum Gasteiger partial charge on any atom is -0.391 e. The van der Waals surface area contributed by atoms with Crippen molar-refractivity contribution in [2.45, 2.75) is 39.7 Å². The molecule has 3 heteroatoms. The molecule has 0 saturated carbocycles. The average molecular weight is 261 g/mol. The van der Waals surface area contributed by atoms with Gasteiger partial charge in [0, 0.05) is 12.6 Å². The van der Waals surface area contributed by atoms with Crippen LogP contribution < -0.4 is 5.32 Å². The van der Waals surface area contributed by atoms with Crippen molar-refractivity contribution >= 4 is 12.0 Å². The Morgan fingerprint density at radius 2 is 2.16 bits per heavy atom. The van der Waals surface area contributed by atoms with Crippen LogP contribution in [0.1, 0.15) is 36.5 Å². The monoisotopic (exact) mass is 261 g/mol. The van der Waals surface area contributed by atoms with E-state index in [2.05, 4.69) is 11.4 Å². The van der Waals surface area contributed by atoms with Crippen LogP contribution in [-0.4, -0.2) is 23.7 Å². The van der Waals surface area contributed by atoms with E-state index < -0.39 is 6.10 Å². The maximum absolute atomic E-state index is 11.6. The average Bonchev–Trinajstić information content (AvgIpc) is 2.35. The third kappa shape index (κ3) is 5.71. The Labute approximate surface area is 115 Å². The molecule has 0 radical (unpaired) electrons. The molecular formula is C16H23NO2. The summed E-state index contributed by atoms with van der Waals surface area (Å²) in [6.07, 6.45) is 4.48. The van der Waals surface area contributed by atoms with Gasteiger partial charge in [-0.25, -0.2) is 0 Å². The molecule has 0 aliphatic carbocycles. The second-order valence-corrected chi connectivity index (χ2v) is 4.88. The van der Waals surface area contributed by atoms with Crippen molar-refractivity contribution in [1.82, 2.24) is 5.32 Å². The van der Waals surface area contributed by atoms with Crippen LogP contribution in [0.3, 0.4) is 0 Å². The molecule has 0 aliphatic rings. The fourth-order valence-corrected chi connectivity index (χ4v) is 1.89. The van der Waals surface area contributed by atoms with E-state index in [-0.39, 0.29) is 5.91 Å². The summed E-state index contributed by atoms with van der Waals surface area (Å²) >= 11 is 0. The van der Waals surface area contributed by atoms with Crippen molar-refractivity contribution in [3.05, 3.63) is 41.0 Å². The predicted molar refractivity (Wildman–Crippen MR) is 78.9 cm³/mol. The lowest BCUT2D eigenvalue weighted by Gasteiger charge is -2.09. The maximum atomic E-state index is 11.6. The number of rotatable bonds is 6.